The molecule has 0 fully saturated rings. The molecule has 0 amide bonds. The van der Waals surface area contributed by atoms with E-state index in [0.29, 0.717) is 5.92 Å². The molecule has 3 heterocycles. The van der Waals surface area contributed by atoms with Crippen LogP contribution in [0.5, 0.6) is 0 Å². The van der Waals surface area contributed by atoms with Crippen molar-refractivity contribution in [3.63, 3.8) is 0 Å². The molecule has 0 radical (unpaired) electrons. The first-order valence-electron chi connectivity index (χ1n) is 7.97. The number of rotatable bonds is 4. The Morgan fingerprint density at radius 3 is 2.95 bits per heavy atom. The molecular weight excluding hydrogens is 278 g/mol. The highest BCUT2D eigenvalue weighted by atomic mass is 16.3. The van der Waals surface area contributed by atoms with Gasteiger partial charge in [0, 0.05) is 31.0 Å². The fourth-order valence-electron chi connectivity index (χ4n) is 3.04. The van der Waals surface area contributed by atoms with Crippen molar-refractivity contribution in [2.75, 3.05) is 19.6 Å². The molecule has 0 bridgehead atoms. The summed E-state index contributed by atoms with van der Waals surface area (Å²) < 4.78 is 5.70. The third kappa shape index (κ3) is 3.30. The molecule has 5 nitrogen and oxygen atoms in total. The first-order valence-corrected chi connectivity index (χ1v) is 7.97. The second-order valence-electron chi connectivity index (χ2n) is 6.14. The van der Waals surface area contributed by atoms with E-state index in [-0.39, 0.29) is 5.56 Å². The van der Waals surface area contributed by atoms with Crippen LogP contribution < -0.4 is 5.56 Å². The van der Waals surface area contributed by atoms with Gasteiger partial charge in [-0.3, -0.25) is 4.79 Å². The second kappa shape index (κ2) is 6.48. The first-order chi connectivity index (χ1) is 10.6. The molecule has 0 unspecified atom stereocenters. The molecule has 5 heteroatoms. The zero-order valence-electron chi connectivity index (χ0n) is 13.3. The summed E-state index contributed by atoms with van der Waals surface area (Å²) in [5, 5.41) is 0. The van der Waals surface area contributed by atoms with Crippen LogP contribution in [0.4, 0.5) is 0 Å². The van der Waals surface area contributed by atoms with Crippen molar-refractivity contribution in [3.05, 3.63) is 51.6 Å². The largest absolute Gasteiger partial charge is 0.466 e. The van der Waals surface area contributed by atoms with Gasteiger partial charge in [0.25, 0.3) is 5.56 Å². The van der Waals surface area contributed by atoms with Gasteiger partial charge >= 0.3 is 0 Å². The quantitative estimate of drug-likeness (QED) is 0.941. The molecule has 1 N–H and O–H groups in total. The van der Waals surface area contributed by atoms with Crippen LogP contribution in [0, 0.1) is 6.92 Å². The second-order valence-corrected chi connectivity index (χ2v) is 6.14. The van der Waals surface area contributed by atoms with Gasteiger partial charge in [-0.15, -0.1) is 0 Å². The zero-order valence-corrected chi connectivity index (χ0v) is 13.3. The molecule has 1 atom stereocenters. The maximum Gasteiger partial charge on any atom is 0.254 e. The van der Waals surface area contributed by atoms with E-state index in [0.717, 1.165) is 61.7 Å². The summed E-state index contributed by atoms with van der Waals surface area (Å²) in [6.07, 6.45) is 4.21. The number of nitrogens with zero attached hydrogens (tertiary/aromatic N) is 2. The van der Waals surface area contributed by atoms with Crippen LogP contribution in [0.15, 0.2) is 27.7 Å². The van der Waals surface area contributed by atoms with Gasteiger partial charge in [-0.05, 0) is 38.4 Å². The Hall–Kier alpha value is -1.88. The number of aromatic nitrogens is 2. The lowest BCUT2D eigenvalue weighted by Crippen LogP contribution is -2.28. The SMILES string of the molecule is Cc1ccc([C@H](C)CCN2CCc3nc[nH]c(=O)c3CC2)o1. The highest BCUT2D eigenvalue weighted by Crippen LogP contribution is 2.22. The fraction of sp³-hybridized carbons (Fsp3) is 0.529. The monoisotopic (exact) mass is 301 g/mol. The van der Waals surface area contributed by atoms with Crippen LogP contribution in [-0.4, -0.2) is 34.5 Å². The molecule has 22 heavy (non-hydrogen) atoms. The standard InChI is InChI=1S/C17H23N3O2/c1-12(16-4-3-13(2)22-16)5-8-20-9-6-14-15(7-10-20)18-11-19-17(14)21/h3-4,11-12H,5-10H2,1-2H3,(H,18,19,21)/t12-/m1/s1. The molecule has 1 aliphatic heterocycles. The first kappa shape index (κ1) is 15.0. The van der Waals surface area contributed by atoms with Crippen LogP contribution in [0.25, 0.3) is 0 Å². The van der Waals surface area contributed by atoms with Crippen molar-refractivity contribution < 1.29 is 4.42 Å². The molecule has 0 aliphatic carbocycles. The number of hydrogen-bond donors (Lipinski definition) is 1. The molecule has 2 aromatic heterocycles. The van der Waals surface area contributed by atoms with Gasteiger partial charge in [0.05, 0.1) is 12.0 Å². The summed E-state index contributed by atoms with van der Waals surface area (Å²) in [5.74, 6) is 2.45. The number of fused-ring (bicyclic) bond motifs is 1. The maximum atomic E-state index is 11.9. The minimum Gasteiger partial charge on any atom is -0.466 e. The summed E-state index contributed by atoms with van der Waals surface area (Å²) in [6, 6.07) is 4.09. The molecule has 1 aliphatic rings. The Kier molecular flexibility index (Phi) is 4.43. The average Bonchev–Trinajstić information content (AvgIpc) is 2.82. The fourth-order valence-corrected chi connectivity index (χ4v) is 3.04. The number of H-pyrrole nitrogens is 1. The van der Waals surface area contributed by atoms with E-state index in [4.69, 9.17) is 4.42 Å². The molecule has 118 valence electrons. The number of nitrogens with one attached hydrogen (secondary N) is 1. The molecule has 3 rings (SSSR count). The van der Waals surface area contributed by atoms with Gasteiger partial charge < -0.3 is 14.3 Å². The highest BCUT2D eigenvalue weighted by Gasteiger charge is 2.18. The van der Waals surface area contributed by atoms with E-state index in [1.165, 1.54) is 6.33 Å². The van der Waals surface area contributed by atoms with Crippen molar-refractivity contribution in [2.45, 2.75) is 39.0 Å². The molecule has 0 saturated carbocycles. The predicted octanol–water partition coefficient (Wildman–Crippen LogP) is 2.27. The van der Waals surface area contributed by atoms with Crippen molar-refractivity contribution in [2.24, 2.45) is 0 Å². The van der Waals surface area contributed by atoms with E-state index in [1.54, 1.807) is 0 Å². The predicted molar refractivity (Wildman–Crippen MR) is 85.2 cm³/mol. The Balaban J connectivity index is 1.57. The van der Waals surface area contributed by atoms with E-state index in [1.807, 2.05) is 13.0 Å². The molecule has 0 spiro atoms. The van der Waals surface area contributed by atoms with Gasteiger partial charge in [-0.25, -0.2) is 4.98 Å². The van der Waals surface area contributed by atoms with E-state index < -0.39 is 0 Å². The van der Waals surface area contributed by atoms with Crippen molar-refractivity contribution >= 4 is 0 Å². The Morgan fingerprint density at radius 1 is 1.36 bits per heavy atom. The summed E-state index contributed by atoms with van der Waals surface area (Å²) in [4.78, 5) is 21.3. The van der Waals surface area contributed by atoms with Crippen LogP contribution in [-0.2, 0) is 12.8 Å². The van der Waals surface area contributed by atoms with Crippen LogP contribution >= 0.6 is 0 Å². The third-order valence-corrected chi connectivity index (χ3v) is 4.51. The van der Waals surface area contributed by atoms with E-state index in [9.17, 15) is 4.79 Å². The Bertz CT molecular complexity index is 689. The lowest BCUT2D eigenvalue weighted by Gasteiger charge is -2.21. The maximum absolute atomic E-state index is 11.9. The lowest BCUT2D eigenvalue weighted by atomic mass is 10.0. The molecule has 0 saturated heterocycles. The topological polar surface area (TPSA) is 62.1 Å². The van der Waals surface area contributed by atoms with Crippen molar-refractivity contribution in [1.82, 2.24) is 14.9 Å². The summed E-state index contributed by atoms with van der Waals surface area (Å²) >= 11 is 0. The molecule has 0 aromatic carbocycles. The van der Waals surface area contributed by atoms with E-state index in [2.05, 4.69) is 27.9 Å². The zero-order chi connectivity index (χ0) is 15.5. The van der Waals surface area contributed by atoms with E-state index >= 15 is 0 Å². The van der Waals surface area contributed by atoms with Gasteiger partial charge in [-0.2, -0.15) is 0 Å². The third-order valence-electron chi connectivity index (χ3n) is 4.51. The normalized spacial score (nSPS) is 17.0. The Morgan fingerprint density at radius 2 is 2.18 bits per heavy atom. The minimum atomic E-state index is 0.0197. The van der Waals surface area contributed by atoms with Gasteiger partial charge in [0.15, 0.2) is 0 Å². The summed E-state index contributed by atoms with van der Waals surface area (Å²) in [6.45, 7) is 7.09. The lowest BCUT2D eigenvalue weighted by molar-refractivity contribution is 0.271. The highest BCUT2D eigenvalue weighted by molar-refractivity contribution is 5.18. The van der Waals surface area contributed by atoms with Gasteiger partial charge in [0.2, 0.25) is 0 Å². The van der Waals surface area contributed by atoms with Crippen LogP contribution in [0.1, 0.15) is 42.0 Å². The smallest absolute Gasteiger partial charge is 0.254 e. The summed E-state index contributed by atoms with van der Waals surface area (Å²) in [5.41, 5.74) is 1.84. The van der Waals surface area contributed by atoms with Gasteiger partial charge in [0.1, 0.15) is 11.5 Å². The Labute approximate surface area is 130 Å². The van der Waals surface area contributed by atoms with Crippen molar-refractivity contribution in [1.29, 1.82) is 0 Å². The number of aryl methyl sites for hydroxylation is 1. The number of hydrogen-bond acceptors (Lipinski definition) is 4. The average molecular weight is 301 g/mol. The van der Waals surface area contributed by atoms with Crippen LogP contribution in [0.3, 0.4) is 0 Å². The molecular formula is C17H23N3O2. The molecule has 2 aromatic rings. The number of furan rings is 1. The van der Waals surface area contributed by atoms with Crippen LogP contribution in [0.2, 0.25) is 0 Å². The van der Waals surface area contributed by atoms with Gasteiger partial charge in [-0.1, -0.05) is 6.92 Å². The van der Waals surface area contributed by atoms with Crippen molar-refractivity contribution in [3.8, 4) is 0 Å². The summed E-state index contributed by atoms with van der Waals surface area (Å²) in [7, 11) is 0. The minimum absolute atomic E-state index is 0.0197. The number of aromatic amines is 1.